The summed E-state index contributed by atoms with van der Waals surface area (Å²) >= 11 is 0. The fourth-order valence-corrected chi connectivity index (χ4v) is 2.19. The number of aromatic nitrogens is 2. The minimum absolute atomic E-state index is 0.0157. The van der Waals surface area contributed by atoms with Crippen LogP contribution in [0.5, 0.6) is 11.5 Å². The monoisotopic (exact) mass is 270 g/mol. The lowest BCUT2D eigenvalue weighted by Crippen LogP contribution is -1.98. The molecule has 0 atom stereocenters. The Morgan fingerprint density at radius 1 is 1.20 bits per heavy atom. The van der Waals surface area contributed by atoms with Gasteiger partial charge in [-0.2, -0.15) is 0 Å². The van der Waals surface area contributed by atoms with Gasteiger partial charge in [0.25, 0.3) is 0 Å². The number of fused-ring (bicyclic) bond motifs is 1. The van der Waals surface area contributed by atoms with E-state index in [0.717, 1.165) is 0 Å². The fourth-order valence-electron chi connectivity index (χ4n) is 2.19. The van der Waals surface area contributed by atoms with E-state index >= 15 is 0 Å². The topological polar surface area (TPSA) is 106 Å². The predicted octanol–water partition coefficient (Wildman–Crippen LogP) is 2.34. The minimum atomic E-state index is -1.13. The van der Waals surface area contributed by atoms with Gasteiger partial charge in [-0.3, -0.25) is 4.98 Å². The maximum Gasteiger partial charge on any atom is 0.352 e. The summed E-state index contributed by atoms with van der Waals surface area (Å²) in [5, 5.41) is 28.9. The first-order valence-corrected chi connectivity index (χ1v) is 5.79. The van der Waals surface area contributed by atoms with Crippen LogP contribution in [-0.2, 0) is 0 Å². The molecule has 0 amide bonds. The molecule has 3 rings (SSSR count). The van der Waals surface area contributed by atoms with Gasteiger partial charge in [0.2, 0.25) is 0 Å². The molecule has 0 saturated heterocycles. The first-order valence-electron chi connectivity index (χ1n) is 5.79. The van der Waals surface area contributed by atoms with Crippen molar-refractivity contribution in [1.29, 1.82) is 0 Å². The Morgan fingerprint density at radius 3 is 2.60 bits per heavy atom. The molecule has 6 nitrogen and oxygen atoms in total. The van der Waals surface area contributed by atoms with Crippen LogP contribution in [0.3, 0.4) is 0 Å². The molecule has 0 aliphatic rings. The number of carboxylic acids is 1. The van der Waals surface area contributed by atoms with E-state index in [-0.39, 0.29) is 17.2 Å². The number of phenolic OH excluding ortho intramolecular Hbond substituents is 2. The van der Waals surface area contributed by atoms with E-state index in [1.807, 2.05) is 0 Å². The van der Waals surface area contributed by atoms with Gasteiger partial charge in [-0.05, 0) is 12.1 Å². The second kappa shape index (κ2) is 4.27. The molecule has 20 heavy (non-hydrogen) atoms. The second-order valence-corrected chi connectivity index (χ2v) is 4.31. The molecule has 2 heterocycles. The number of pyridine rings is 1. The van der Waals surface area contributed by atoms with E-state index in [4.69, 9.17) is 0 Å². The van der Waals surface area contributed by atoms with E-state index in [9.17, 15) is 20.1 Å². The van der Waals surface area contributed by atoms with Gasteiger partial charge in [-0.15, -0.1) is 0 Å². The van der Waals surface area contributed by atoms with Crippen LogP contribution in [0.4, 0.5) is 0 Å². The Balaban J connectivity index is 2.41. The van der Waals surface area contributed by atoms with E-state index < -0.39 is 5.97 Å². The normalized spacial score (nSPS) is 10.8. The maximum absolute atomic E-state index is 11.4. The largest absolute Gasteiger partial charge is 0.504 e. The number of hydrogen-bond acceptors (Lipinski definition) is 4. The maximum atomic E-state index is 11.4. The number of benzene rings is 1. The summed E-state index contributed by atoms with van der Waals surface area (Å²) in [6.07, 6.45) is 3.13. The summed E-state index contributed by atoms with van der Waals surface area (Å²) in [4.78, 5) is 18.1. The van der Waals surface area contributed by atoms with Crippen molar-refractivity contribution in [2.24, 2.45) is 0 Å². The highest BCUT2D eigenvalue weighted by molar-refractivity contribution is 6.08. The molecule has 0 bridgehead atoms. The van der Waals surface area contributed by atoms with Gasteiger partial charge in [0.15, 0.2) is 11.5 Å². The molecule has 0 radical (unpaired) electrons. The van der Waals surface area contributed by atoms with Gasteiger partial charge in [-0.1, -0.05) is 6.07 Å². The zero-order valence-corrected chi connectivity index (χ0v) is 10.2. The van der Waals surface area contributed by atoms with E-state index in [1.165, 1.54) is 12.1 Å². The number of carboxylic acid groups (broad SMARTS) is 1. The summed E-state index contributed by atoms with van der Waals surface area (Å²) in [5.41, 5.74) is 1.45. The number of carbonyl (C=O) groups is 1. The lowest BCUT2D eigenvalue weighted by atomic mass is 10.0. The lowest BCUT2D eigenvalue weighted by molar-refractivity contribution is 0.0692. The number of H-pyrrole nitrogens is 1. The number of phenols is 2. The molecule has 0 spiro atoms. The van der Waals surface area contributed by atoms with E-state index in [1.54, 1.807) is 24.5 Å². The van der Waals surface area contributed by atoms with Crippen molar-refractivity contribution >= 4 is 16.9 Å². The molecule has 0 fully saturated rings. The number of rotatable bonds is 2. The van der Waals surface area contributed by atoms with Gasteiger partial charge in [0, 0.05) is 35.0 Å². The van der Waals surface area contributed by atoms with Crippen LogP contribution in [0, 0.1) is 0 Å². The molecule has 4 N–H and O–H groups in total. The Hall–Kier alpha value is -3.02. The Labute approximate surface area is 113 Å². The lowest BCUT2D eigenvalue weighted by Gasteiger charge is -2.02. The molecular weight excluding hydrogens is 260 g/mol. The van der Waals surface area contributed by atoms with Crippen molar-refractivity contribution in [1.82, 2.24) is 9.97 Å². The summed E-state index contributed by atoms with van der Waals surface area (Å²) in [7, 11) is 0. The van der Waals surface area contributed by atoms with Gasteiger partial charge < -0.3 is 20.3 Å². The summed E-state index contributed by atoms with van der Waals surface area (Å²) in [5.74, 6) is -1.74. The molecule has 1 aromatic carbocycles. The zero-order chi connectivity index (χ0) is 14.3. The van der Waals surface area contributed by atoms with Crippen LogP contribution in [0.2, 0.25) is 0 Å². The predicted molar refractivity (Wildman–Crippen MR) is 71.8 cm³/mol. The van der Waals surface area contributed by atoms with Gasteiger partial charge in [0.1, 0.15) is 5.69 Å². The van der Waals surface area contributed by atoms with Crippen molar-refractivity contribution in [3.63, 3.8) is 0 Å². The fraction of sp³-hybridized carbons (Fsp3) is 0. The summed E-state index contributed by atoms with van der Waals surface area (Å²) < 4.78 is 0. The third kappa shape index (κ3) is 1.74. The van der Waals surface area contributed by atoms with Crippen molar-refractivity contribution in [2.45, 2.75) is 0 Å². The van der Waals surface area contributed by atoms with Crippen molar-refractivity contribution in [3.05, 3.63) is 42.4 Å². The van der Waals surface area contributed by atoms with Crippen LogP contribution in [-0.4, -0.2) is 31.3 Å². The smallest absolute Gasteiger partial charge is 0.352 e. The van der Waals surface area contributed by atoms with E-state index in [0.29, 0.717) is 22.0 Å². The standard InChI is InChI=1S/C14H10N2O4/c17-10-4-8-9(5-11(10)18)16-13(14(19)20)12(8)7-2-1-3-15-6-7/h1-6,16-18H,(H,19,20). The van der Waals surface area contributed by atoms with Crippen molar-refractivity contribution in [3.8, 4) is 22.6 Å². The van der Waals surface area contributed by atoms with Gasteiger partial charge >= 0.3 is 5.97 Å². The second-order valence-electron chi connectivity index (χ2n) is 4.31. The first kappa shape index (κ1) is 12.0. The quantitative estimate of drug-likeness (QED) is 0.535. The highest BCUT2D eigenvalue weighted by atomic mass is 16.4. The first-order chi connectivity index (χ1) is 9.58. The van der Waals surface area contributed by atoms with Gasteiger partial charge in [-0.25, -0.2) is 4.79 Å². The minimum Gasteiger partial charge on any atom is -0.504 e. The molecule has 0 aliphatic heterocycles. The number of aromatic carboxylic acids is 1. The van der Waals surface area contributed by atoms with Crippen LogP contribution in [0.15, 0.2) is 36.7 Å². The van der Waals surface area contributed by atoms with Crippen LogP contribution >= 0.6 is 0 Å². The molecule has 0 unspecified atom stereocenters. The van der Waals surface area contributed by atoms with Crippen LogP contribution in [0.1, 0.15) is 10.5 Å². The average molecular weight is 270 g/mol. The molecule has 0 aliphatic carbocycles. The Kier molecular flexibility index (Phi) is 2.57. The molecule has 2 aromatic heterocycles. The molecule has 3 aromatic rings. The summed E-state index contributed by atoms with van der Waals surface area (Å²) in [6, 6.07) is 6.04. The van der Waals surface area contributed by atoms with Gasteiger partial charge in [0.05, 0.1) is 5.52 Å². The Bertz CT molecular complexity index is 809. The van der Waals surface area contributed by atoms with Crippen molar-refractivity contribution in [2.75, 3.05) is 0 Å². The average Bonchev–Trinajstić information content (AvgIpc) is 2.79. The third-order valence-electron chi connectivity index (χ3n) is 3.06. The Morgan fingerprint density at radius 2 is 1.95 bits per heavy atom. The number of aromatic amines is 1. The van der Waals surface area contributed by atoms with Crippen LogP contribution < -0.4 is 0 Å². The molecular formula is C14H10N2O4. The number of aromatic hydroxyl groups is 2. The molecule has 6 heteroatoms. The van der Waals surface area contributed by atoms with Crippen LogP contribution in [0.25, 0.3) is 22.0 Å². The number of hydrogen-bond donors (Lipinski definition) is 4. The highest BCUT2D eigenvalue weighted by Crippen LogP contribution is 2.37. The SMILES string of the molecule is O=C(O)c1[nH]c2cc(O)c(O)cc2c1-c1cccnc1. The number of nitrogens with zero attached hydrogens (tertiary/aromatic N) is 1. The van der Waals surface area contributed by atoms with Crippen molar-refractivity contribution < 1.29 is 20.1 Å². The third-order valence-corrected chi connectivity index (χ3v) is 3.06. The zero-order valence-electron chi connectivity index (χ0n) is 10.2. The molecule has 0 saturated carbocycles. The highest BCUT2D eigenvalue weighted by Gasteiger charge is 2.20. The number of nitrogens with one attached hydrogen (secondary N) is 1. The summed E-state index contributed by atoms with van der Waals surface area (Å²) in [6.45, 7) is 0. The molecule has 100 valence electrons. The van der Waals surface area contributed by atoms with E-state index in [2.05, 4.69) is 9.97 Å².